The lowest BCUT2D eigenvalue weighted by Gasteiger charge is -2.09. The van der Waals surface area contributed by atoms with Gasteiger partial charge in [0.05, 0.1) is 33.7 Å². The Bertz CT molecular complexity index is 1750. The van der Waals surface area contributed by atoms with Crippen molar-refractivity contribution in [2.45, 2.75) is 13.5 Å². The first-order chi connectivity index (χ1) is 16.6. The van der Waals surface area contributed by atoms with E-state index in [1.54, 1.807) is 13.2 Å². The summed E-state index contributed by atoms with van der Waals surface area (Å²) in [4.78, 5) is 18.9. The first kappa shape index (κ1) is 20.8. The molecule has 0 radical (unpaired) electrons. The third-order valence-electron chi connectivity index (χ3n) is 6.14. The van der Waals surface area contributed by atoms with E-state index in [2.05, 4.69) is 9.72 Å². The molecular formula is C27H20FN3O2S. The number of aryl methyl sites for hydroxylation is 1. The molecule has 34 heavy (non-hydrogen) atoms. The van der Waals surface area contributed by atoms with E-state index in [0.717, 1.165) is 33.1 Å². The van der Waals surface area contributed by atoms with Gasteiger partial charge in [0.25, 0.3) is 5.91 Å². The Balaban J connectivity index is 1.61. The number of halogens is 1. The van der Waals surface area contributed by atoms with Crippen LogP contribution < -0.4 is 5.32 Å². The second-order valence-electron chi connectivity index (χ2n) is 8.16. The number of rotatable bonds is 4. The standard InChI is InChI=1S/C27H20FN3O2S/c1-15-29-20-11-5-3-8-16(20)25-24(17-9-4-6-12-21(17)31(15)25)30-27(32)26-18(14-33-2)23-19(28)10-7-13-22(23)34-26/h3-13H,14H2,1-2H3,(H,30,32). The summed E-state index contributed by atoms with van der Waals surface area (Å²) in [6, 6.07) is 20.7. The monoisotopic (exact) mass is 469 g/mol. The number of hydrogen-bond acceptors (Lipinski definition) is 4. The van der Waals surface area contributed by atoms with Gasteiger partial charge in [-0.15, -0.1) is 11.3 Å². The van der Waals surface area contributed by atoms with Gasteiger partial charge in [-0.3, -0.25) is 9.20 Å². The number of carbonyl (C=O) groups is 1. The molecule has 0 spiro atoms. The molecule has 0 atom stereocenters. The zero-order valence-electron chi connectivity index (χ0n) is 18.6. The second-order valence-corrected chi connectivity index (χ2v) is 9.21. The van der Waals surface area contributed by atoms with E-state index in [1.165, 1.54) is 17.4 Å². The van der Waals surface area contributed by atoms with Crippen LogP contribution in [-0.2, 0) is 11.3 Å². The molecule has 7 heteroatoms. The first-order valence-electron chi connectivity index (χ1n) is 10.9. The maximum absolute atomic E-state index is 14.7. The predicted molar refractivity (Wildman–Crippen MR) is 135 cm³/mol. The van der Waals surface area contributed by atoms with Gasteiger partial charge in [-0.2, -0.15) is 0 Å². The van der Waals surface area contributed by atoms with Crippen molar-refractivity contribution >= 4 is 60.3 Å². The van der Waals surface area contributed by atoms with E-state index in [0.29, 0.717) is 26.2 Å². The van der Waals surface area contributed by atoms with Crippen molar-refractivity contribution in [3.63, 3.8) is 0 Å². The van der Waals surface area contributed by atoms with Gasteiger partial charge in [-0.25, -0.2) is 9.37 Å². The molecule has 6 aromatic rings. The summed E-state index contributed by atoms with van der Waals surface area (Å²) in [5.41, 5.74) is 3.98. The maximum atomic E-state index is 14.7. The molecule has 0 saturated carbocycles. The van der Waals surface area contributed by atoms with Crippen LogP contribution in [0.2, 0.25) is 0 Å². The largest absolute Gasteiger partial charge is 0.380 e. The highest BCUT2D eigenvalue weighted by molar-refractivity contribution is 7.21. The highest BCUT2D eigenvalue weighted by atomic mass is 32.1. The number of nitrogens with one attached hydrogen (secondary N) is 1. The number of aromatic nitrogens is 2. The number of carbonyl (C=O) groups excluding carboxylic acids is 1. The van der Waals surface area contributed by atoms with Gasteiger partial charge in [-0.05, 0) is 31.2 Å². The molecule has 0 aliphatic heterocycles. The number of fused-ring (bicyclic) bond motifs is 6. The van der Waals surface area contributed by atoms with Crippen molar-refractivity contribution in [2.24, 2.45) is 0 Å². The Labute approximate surface area is 198 Å². The minimum absolute atomic E-state index is 0.146. The number of ether oxygens (including phenoxy) is 1. The molecule has 6 rings (SSSR count). The second kappa shape index (κ2) is 7.90. The van der Waals surface area contributed by atoms with Crippen LogP contribution >= 0.6 is 11.3 Å². The van der Waals surface area contributed by atoms with Crippen LogP contribution in [0.25, 0.3) is 37.4 Å². The van der Waals surface area contributed by atoms with Gasteiger partial charge in [0.1, 0.15) is 11.6 Å². The normalized spacial score (nSPS) is 11.7. The van der Waals surface area contributed by atoms with Crippen molar-refractivity contribution < 1.29 is 13.9 Å². The summed E-state index contributed by atoms with van der Waals surface area (Å²) < 4.78 is 22.8. The van der Waals surface area contributed by atoms with Crippen molar-refractivity contribution in [1.29, 1.82) is 0 Å². The molecule has 3 aromatic carbocycles. The Morgan fingerprint density at radius 3 is 2.65 bits per heavy atom. The first-order valence-corrected chi connectivity index (χ1v) is 11.7. The van der Waals surface area contributed by atoms with Crippen LogP contribution in [-0.4, -0.2) is 22.4 Å². The Morgan fingerprint density at radius 2 is 1.82 bits per heavy atom. The van der Waals surface area contributed by atoms with Crippen LogP contribution in [0.15, 0.2) is 66.7 Å². The molecule has 3 heterocycles. The SMILES string of the molecule is COCc1c(C(=O)Nc2c3ccccc3n3c(C)nc4ccccc4c23)sc2cccc(F)c12. The number of anilines is 1. The van der Waals surface area contributed by atoms with Crippen molar-refractivity contribution in [3.8, 4) is 0 Å². The van der Waals surface area contributed by atoms with Crippen molar-refractivity contribution in [3.05, 3.63) is 88.8 Å². The number of hydrogen-bond donors (Lipinski definition) is 1. The number of thiophene rings is 1. The van der Waals surface area contributed by atoms with E-state index in [1.807, 2.05) is 61.5 Å². The molecule has 0 aliphatic rings. The molecule has 1 N–H and O–H groups in total. The molecule has 0 bridgehead atoms. The van der Waals surface area contributed by atoms with Gasteiger partial charge in [0.2, 0.25) is 0 Å². The topological polar surface area (TPSA) is 55.6 Å². The molecule has 168 valence electrons. The quantitative estimate of drug-likeness (QED) is 0.312. The highest BCUT2D eigenvalue weighted by Crippen LogP contribution is 2.38. The Kier molecular flexibility index (Phi) is 4.83. The number of benzene rings is 3. The van der Waals surface area contributed by atoms with Gasteiger partial charge < -0.3 is 10.1 Å². The number of methoxy groups -OCH3 is 1. The number of amides is 1. The fraction of sp³-hybridized carbons (Fsp3) is 0.111. The third kappa shape index (κ3) is 3.01. The molecule has 3 aromatic heterocycles. The summed E-state index contributed by atoms with van der Waals surface area (Å²) in [5.74, 6) is 0.186. The summed E-state index contributed by atoms with van der Waals surface area (Å²) >= 11 is 1.27. The van der Waals surface area contributed by atoms with Crippen LogP contribution in [0.1, 0.15) is 21.1 Å². The molecule has 0 aliphatic carbocycles. The summed E-state index contributed by atoms with van der Waals surface area (Å²) in [7, 11) is 1.54. The predicted octanol–water partition coefficient (Wildman–Crippen LogP) is 6.70. The fourth-order valence-electron chi connectivity index (χ4n) is 4.76. The molecule has 5 nitrogen and oxygen atoms in total. The molecular weight excluding hydrogens is 449 g/mol. The zero-order chi connectivity index (χ0) is 23.4. The fourth-order valence-corrected chi connectivity index (χ4v) is 5.87. The number of para-hydroxylation sites is 2. The minimum Gasteiger partial charge on any atom is -0.380 e. The zero-order valence-corrected chi connectivity index (χ0v) is 19.4. The van der Waals surface area contributed by atoms with Crippen LogP contribution in [0.5, 0.6) is 0 Å². The highest BCUT2D eigenvalue weighted by Gasteiger charge is 2.24. The summed E-state index contributed by atoms with van der Waals surface area (Å²) in [5, 5.41) is 5.47. The van der Waals surface area contributed by atoms with Gasteiger partial charge >= 0.3 is 0 Å². The van der Waals surface area contributed by atoms with Crippen LogP contribution in [0, 0.1) is 12.7 Å². The molecule has 1 amide bonds. The molecule has 0 saturated heterocycles. The maximum Gasteiger partial charge on any atom is 0.266 e. The lowest BCUT2D eigenvalue weighted by atomic mass is 10.1. The van der Waals surface area contributed by atoms with Crippen LogP contribution in [0.3, 0.4) is 0 Å². The smallest absolute Gasteiger partial charge is 0.266 e. The molecule has 0 fully saturated rings. The molecule has 0 unspecified atom stereocenters. The van der Waals surface area contributed by atoms with E-state index in [4.69, 9.17) is 9.72 Å². The summed E-state index contributed by atoms with van der Waals surface area (Å²) in [6.45, 7) is 2.11. The van der Waals surface area contributed by atoms with E-state index in [9.17, 15) is 9.18 Å². The lowest BCUT2D eigenvalue weighted by Crippen LogP contribution is -2.13. The van der Waals surface area contributed by atoms with E-state index in [-0.39, 0.29) is 18.3 Å². The Hall–Kier alpha value is -3.81. The summed E-state index contributed by atoms with van der Waals surface area (Å²) in [6.07, 6.45) is 0. The van der Waals surface area contributed by atoms with E-state index >= 15 is 0 Å². The van der Waals surface area contributed by atoms with Crippen molar-refractivity contribution in [2.75, 3.05) is 12.4 Å². The Morgan fingerprint density at radius 1 is 1.06 bits per heavy atom. The average molecular weight is 470 g/mol. The van der Waals surface area contributed by atoms with Gasteiger partial charge in [0, 0.05) is 33.5 Å². The average Bonchev–Trinajstić information content (AvgIpc) is 3.37. The van der Waals surface area contributed by atoms with Crippen LogP contribution in [0.4, 0.5) is 10.1 Å². The van der Waals surface area contributed by atoms with Crippen molar-refractivity contribution in [1.82, 2.24) is 9.38 Å². The lowest BCUT2D eigenvalue weighted by molar-refractivity contribution is 0.102. The van der Waals surface area contributed by atoms with Gasteiger partial charge in [-0.1, -0.05) is 42.5 Å². The third-order valence-corrected chi connectivity index (χ3v) is 7.33. The van der Waals surface area contributed by atoms with Gasteiger partial charge in [0.15, 0.2) is 0 Å². The minimum atomic E-state index is -0.354. The van der Waals surface area contributed by atoms with E-state index < -0.39 is 0 Å². The number of nitrogens with zero attached hydrogens (tertiary/aromatic N) is 2.